The van der Waals surface area contributed by atoms with E-state index in [4.69, 9.17) is 4.42 Å². The van der Waals surface area contributed by atoms with Crippen LogP contribution in [0.1, 0.15) is 0 Å². The molecule has 0 amide bonds. The van der Waals surface area contributed by atoms with Crippen LogP contribution in [0, 0.1) is 0 Å². The van der Waals surface area contributed by atoms with Crippen molar-refractivity contribution in [3.63, 3.8) is 0 Å². The Labute approximate surface area is 322 Å². The van der Waals surface area contributed by atoms with E-state index in [1.807, 2.05) is 23.5 Å². The Morgan fingerprint density at radius 3 is 1.91 bits per heavy atom. The van der Waals surface area contributed by atoms with Crippen molar-refractivity contribution in [3.05, 3.63) is 200 Å². The zero-order valence-electron chi connectivity index (χ0n) is 29.8. The molecule has 9 aromatic carbocycles. The summed E-state index contributed by atoms with van der Waals surface area (Å²) in [5.74, 6) is 0. The van der Waals surface area contributed by atoms with E-state index < -0.39 is 0 Å². The third-order valence-corrected chi connectivity index (χ3v) is 12.0. The molecule has 0 saturated carbocycles. The van der Waals surface area contributed by atoms with E-state index in [-0.39, 0.29) is 0 Å². The number of hydrogen-bond acceptors (Lipinski definition) is 3. The molecular formula is C52H33NOS. The van der Waals surface area contributed by atoms with Crippen LogP contribution in [0.15, 0.2) is 205 Å². The molecule has 0 bridgehead atoms. The van der Waals surface area contributed by atoms with Gasteiger partial charge < -0.3 is 9.32 Å². The summed E-state index contributed by atoms with van der Waals surface area (Å²) in [4.78, 5) is 2.48. The quantitative estimate of drug-likeness (QED) is 0.170. The molecular weight excluding hydrogens is 687 g/mol. The highest BCUT2D eigenvalue weighted by molar-refractivity contribution is 7.26. The number of benzene rings is 9. The highest BCUT2D eigenvalue weighted by Crippen LogP contribution is 2.49. The van der Waals surface area contributed by atoms with Crippen molar-refractivity contribution < 1.29 is 4.42 Å². The average Bonchev–Trinajstić information content (AvgIpc) is 3.83. The molecule has 0 radical (unpaired) electrons. The Morgan fingerprint density at radius 2 is 1.00 bits per heavy atom. The van der Waals surface area contributed by atoms with Gasteiger partial charge in [0.25, 0.3) is 0 Å². The standard InChI is InChI=1S/C52H33NOS/c1-2-14-34(15-3-1)39-23-11-16-35-17-12-24-42(51(35)39)40-20-4-7-25-45(40)53(46-26-13-29-50-52(46)43-22-6-9-28-49(43)55-50)38-19-10-18-36(32-38)37-30-31-48-44(33-37)41-21-5-8-27-47(41)54-48/h1-33H. The van der Waals surface area contributed by atoms with Crippen LogP contribution in [0.4, 0.5) is 17.1 Å². The second-order valence-corrected chi connectivity index (χ2v) is 15.1. The van der Waals surface area contributed by atoms with Crippen molar-refractivity contribution >= 4 is 81.3 Å². The molecule has 0 atom stereocenters. The van der Waals surface area contributed by atoms with E-state index in [0.29, 0.717) is 0 Å². The fourth-order valence-corrected chi connectivity index (χ4v) is 9.53. The molecule has 258 valence electrons. The van der Waals surface area contributed by atoms with Crippen molar-refractivity contribution in [1.82, 2.24) is 0 Å². The minimum absolute atomic E-state index is 0.901. The summed E-state index contributed by atoms with van der Waals surface area (Å²) < 4.78 is 8.76. The van der Waals surface area contributed by atoms with E-state index in [1.165, 1.54) is 53.2 Å². The van der Waals surface area contributed by atoms with Gasteiger partial charge in [-0.2, -0.15) is 0 Å². The smallest absolute Gasteiger partial charge is 0.135 e. The Balaban J connectivity index is 1.17. The number of thiophene rings is 1. The van der Waals surface area contributed by atoms with Gasteiger partial charge in [-0.25, -0.2) is 0 Å². The van der Waals surface area contributed by atoms with Crippen LogP contribution in [0.3, 0.4) is 0 Å². The second-order valence-electron chi connectivity index (χ2n) is 14.0. The van der Waals surface area contributed by atoms with Crippen molar-refractivity contribution in [2.24, 2.45) is 0 Å². The molecule has 0 N–H and O–H groups in total. The van der Waals surface area contributed by atoms with Gasteiger partial charge >= 0.3 is 0 Å². The third kappa shape index (κ3) is 5.24. The molecule has 55 heavy (non-hydrogen) atoms. The van der Waals surface area contributed by atoms with Crippen LogP contribution in [-0.4, -0.2) is 0 Å². The number of nitrogens with zero attached hydrogens (tertiary/aromatic N) is 1. The molecule has 3 heteroatoms. The topological polar surface area (TPSA) is 16.4 Å². The lowest BCUT2D eigenvalue weighted by Crippen LogP contribution is -2.12. The largest absolute Gasteiger partial charge is 0.456 e. The lowest BCUT2D eigenvalue weighted by Gasteiger charge is -2.29. The first-order valence-electron chi connectivity index (χ1n) is 18.7. The van der Waals surface area contributed by atoms with Crippen LogP contribution in [0.5, 0.6) is 0 Å². The fraction of sp³-hybridized carbons (Fsp3) is 0. The molecule has 0 fully saturated rings. The van der Waals surface area contributed by atoms with Crippen LogP contribution in [0.25, 0.3) is 86.3 Å². The lowest BCUT2D eigenvalue weighted by molar-refractivity contribution is 0.669. The van der Waals surface area contributed by atoms with Gasteiger partial charge in [-0.05, 0) is 93.2 Å². The number of para-hydroxylation sites is 2. The molecule has 0 unspecified atom stereocenters. The van der Waals surface area contributed by atoms with Gasteiger partial charge in [0.1, 0.15) is 11.2 Å². The monoisotopic (exact) mass is 719 g/mol. The molecule has 0 spiro atoms. The minimum atomic E-state index is 0.901. The molecule has 0 aliphatic heterocycles. The Hall–Kier alpha value is -6.94. The zero-order valence-corrected chi connectivity index (χ0v) is 30.6. The van der Waals surface area contributed by atoms with Gasteiger partial charge in [0.05, 0.1) is 11.4 Å². The van der Waals surface area contributed by atoms with Gasteiger partial charge in [0.15, 0.2) is 0 Å². The first kappa shape index (κ1) is 31.6. The summed E-state index contributed by atoms with van der Waals surface area (Å²) in [5, 5.41) is 7.25. The molecule has 2 aromatic heterocycles. The van der Waals surface area contributed by atoms with Gasteiger partial charge in [0.2, 0.25) is 0 Å². The van der Waals surface area contributed by atoms with Crippen molar-refractivity contribution in [2.45, 2.75) is 0 Å². The summed E-state index contributed by atoms with van der Waals surface area (Å²) in [6.07, 6.45) is 0. The van der Waals surface area contributed by atoms with Gasteiger partial charge in [-0.1, -0.05) is 146 Å². The Kier molecular flexibility index (Phi) is 7.39. The number of hydrogen-bond donors (Lipinski definition) is 0. The summed E-state index contributed by atoms with van der Waals surface area (Å²) in [6.45, 7) is 0. The summed E-state index contributed by atoms with van der Waals surface area (Å²) in [6, 6.07) is 72.4. The van der Waals surface area contributed by atoms with E-state index >= 15 is 0 Å². The molecule has 11 rings (SSSR count). The van der Waals surface area contributed by atoms with E-state index in [0.717, 1.165) is 50.1 Å². The van der Waals surface area contributed by atoms with Gasteiger partial charge in [0, 0.05) is 42.2 Å². The third-order valence-electron chi connectivity index (χ3n) is 10.9. The number of fused-ring (bicyclic) bond motifs is 7. The first-order chi connectivity index (χ1) is 27.3. The van der Waals surface area contributed by atoms with Crippen molar-refractivity contribution in [2.75, 3.05) is 4.90 Å². The minimum Gasteiger partial charge on any atom is -0.456 e. The Morgan fingerprint density at radius 1 is 0.364 bits per heavy atom. The number of rotatable bonds is 6. The number of anilines is 3. The maximum atomic E-state index is 6.20. The van der Waals surface area contributed by atoms with E-state index in [2.05, 4.69) is 193 Å². The Bertz CT molecular complexity index is 3220. The van der Waals surface area contributed by atoms with Gasteiger partial charge in [-0.15, -0.1) is 11.3 Å². The summed E-state index contributed by atoms with van der Waals surface area (Å²) in [7, 11) is 0. The zero-order chi connectivity index (χ0) is 36.3. The SMILES string of the molecule is c1ccc(-c2cccc3cccc(-c4ccccc4N(c4cccc(-c5ccc6oc7ccccc7c6c5)c4)c4cccc5sc6ccccc6c45)c23)cc1. The normalized spacial score (nSPS) is 11.6. The van der Waals surface area contributed by atoms with Crippen LogP contribution in [-0.2, 0) is 0 Å². The van der Waals surface area contributed by atoms with Gasteiger partial charge in [-0.3, -0.25) is 0 Å². The van der Waals surface area contributed by atoms with E-state index in [1.54, 1.807) is 0 Å². The molecule has 2 nitrogen and oxygen atoms in total. The molecule has 0 aliphatic carbocycles. The van der Waals surface area contributed by atoms with Crippen LogP contribution < -0.4 is 4.90 Å². The molecule has 0 saturated heterocycles. The molecule has 2 heterocycles. The van der Waals surface area contributed by atoms with Crippen LogP contribution in [0.2, 0.25) is 0 Å². The second kappa shape index (κ2) is 12.9. The maximum Gasteiger partial charge on any atom is 0.135 e. The summed E-state index contributed by atoms with van der Waals surface area (Å²) in [5.41, 5.74) is 12.3. The summed E-state index contributed by atoms with van der Waals surface area (Å²) >= 11 is 1.85. The predicted octanol–water partition coefficient (Wildman–Crippen LogP) is 15.6. The van der Waals surface area contributed by atoms with Crippen molar-refractivity contribution in [3.8, 4) is 33.4 Å². The first-order valence-corrected chi connectivity index (χ1v) is 19.5. The maximum absolute atomic E-state index is 6.20. The highest BCUT2D eigenvalue weighted by Gasteiger charge is 2.23. The van der Waals surface area contributed by atoms with Crippen LogP contribution >= 0.6 is 11.3 Å². The van der Waals surface area contributed by atoms with Crippen molar-refractivity contribution in [1.29, 1.82) is 0 Å². The highest BCUT2D eigenvalue weighted by atomic mass is 32.1. The molecule has 0 aliphatic rings. The fourth-order valence-electron chi connectivity index (χ4n) is 8.40. The van der Waals surface area contributed by atoms with E-state index in [9.17, 15) is 0 Å². The predicted molar refractivity (Wildman–Crippen MR) is 235 cm³/mol. The average molecular weight is 720 g/mol. The number of furan rings is 1. The molecule has 11 aromatic rings. The lowest BCUT2D eigenvalue weighted by atomic mass is 9.90.